The number of halogens is 2. The molecular weight excluding hydrogens is 373 g/mol. The molecule has 27 heavy (non-hydrogen) atoms. The molecule has 1 aliphatic heterocycles. The molecule has 1 aliphatic rings. The van der Waals surface area contributed by atoms with Gasteiger partial charge in [0.2, 0.25) is 11.9 Å². The predicted octanol–water partition coefficient (Wildman–Crippen LogP) is 3.44. The summed E-state index contributed by atoms with van der Waals surface area (Å²) >= 11 is 6.11. The van der Waals surface area contributed by atoms with Crippen LogP contribution in [-0.4, -0.2) is 39.6 Å². The van der Waals surface area contributed by atoms with Crippen LogP contribution in [0.3, 0.4) is 0 Å². The summed E-state index contributed by atoms with van der Waals surface area (Å²) in [5.74, 6) is 1.42. The van der Waals surface area contributed by atoms with E-state index in [2.05, 4.69) is 20.4 Å². The maximum absolute atomic E-state index is 13.0. The third-order valence-corrected chi connectivity index (χ3v) is 4.36. The molecule has 140 valence electrons. The Kier molecular flexibility index (Phi) is 4.91. The van der Waals surface area contributed by atoms with Crippen LogP contribution < -0.4 is 10.1 Å². The van der Waals surface area contributed by atoms with Gasteiger partial charge in [-0.25, -0.2) is 9.67 Å². The summed E-state index contributed by atoms with van der Waals surface area (Å²) in [5, 5.41) is 8.14. The summed E-state index contributed by atoms with van der Waals surface area (Å²) in [4.78, 5) is 8.10. The minimum absolute atomic E-state index is 0.393. The number of hydrogen-bond donors (Lipinski definition) is 1. The van der Waals surface area contributed by atoms with Gasteiger partial charge in [0.05, 0.1) is 25.5 Å². The van der Waals surface area contributed by atoms with Crippen LogP contribution in [0.4, 0.5) is 16.0 Å². The van der Waals surface area contributed by atoms with E-state index in [0.717, 1.165) is 5.69 Å². The molecule has 0 atom stereocenters. The number of nitrogens with zero attached hydrogens (tertiary/aromatic N) is 4. The molecule has 2 aromatic heterocycles. The molecular formula is C18H17ClFN5O2. The molecule has 1 fully saturated rings. The highest BCUT2D eigenvalue weighted by Gasteiger charge is 2.20. The Morgan fingerprint density at radius 1 is 1.33 bits per heavy atom. The normalized spacial score (nSPS) is 14.0. The average Bonchev–Trinajstić information content (AvgIpc) is 2.97. The van der Waals surface area contributed by atoms with E-state index in [1.54, 1.807) is 29.9 Å². The van der Waals surface area contributed by atoms with Crippen LogP contribution in [0.2, 0.25) is 5.02 Å². The zero-order chi connectivity index (χ0) is 18.8. The molecule has 0 aliphatic carbocycles. The number of rotatable bonds is 6. The van der Waals surface area contributed by atoms with Crippen molar-refractivity contribution in [3.8, 4) is 17.1 Å². The molecule has 1 N–H and O–H groups in total. The standard InChI is InChI=1S/C18H17ClFN5O2/c1-25-18(23-17(24-25)12-2-5-16(20)21-7-12)22-14-4-3-13(19)6-15(14)27-10-11-8-26-9-11/h2-7,11H,8-10H2,1H3,(H,22,23,24). The maximum atomic E-state index is 13.0. The molecule has 7 nitrogen and oxygen atoms in total. The van der Waals surface area contributed by atoms with Gasteiger partial charge in [-0.3, -0.25) is 0 Å². The lowest BCUT2D eigenvalue weighted by Crippen LogP contribution is -2.32. The van der Waals surface area contributed by atoms with Gasteiger partial charge in [0.1, 0.15) is 5.75 Å². The first kappa shape index (κ1) is 17.7. The first-order valence-corrected chi connectivity index (χ1v) is 8.76. The van der Waals surface area contributed by atoms with Crippen molar-refractivity contribution in [3.05, 3.63) is 47.5 Å². The number of anilines is 2. The number of pyridine rings is 1. The Labute approximate surface area is 160 Å². The second-order valence-electron chi connectivity index (χ2n) is 6.23. The minimum atomic E-state index is -0.548. The van der Waals surface area contributed by atoms with Crippen molar-refractivity contribution in [1.29, 1.82) is 0 Å². The van der Waals surface area contributed by atoms with E-state index in [-0.39, 0.29) is 0 Å². The largest absolute Gasteiger partial charge is 0.491 e. The average molecular weight is 390 g/mol. The third kappa shape index (κ3) is 4.01. The Morgan fingerprint density at radius 2 is 2.19 bits per heavy atom. The SMILES string of the molecule is Cn1nc(-c2ccc(F)nc2)nc1Nc1ccc(Cl)cc1OCC1COC1. The van der Waals surface area contributed by atoms with Crippen LogP contribution in [0.5, 0.6) is 5.75 Å². The zero-order valence-electron chi connectivity index (χ0n) is 14.5. The monoisotopic (exact) mass is 389 g/mol. The number of hydrogen-bond acceptors (Lipinski definition) is 6. The van der Waals surface area contributed by atoms with Crippen LogP contribution in [-0.2, 0) is 11.8 Å². The van der Waals surface area contributed by atoms with Gasteiger partial charge in [-0.2, -0.15) is 9.37 Å². The molecule has 0 unspecified atom stereocenters. The summed E-state index contributed by atoms with van der Waals surface area (Å²) in [6.45, 7) is 1.98. The molecule has 4 rings (SSSR count). The smallest absolute Gasteiger partial charge is 0.226 e. The minimum Gasteiger partial charge on any atom is -0.491 e. The zero-order valence-corrected chi connectivity index (χ0v) is 15.3. The Bertz CT molecular complexity index is 943. The quantitative estimate of drug-likeness (QED) is 0.651. The maximum Gasteiger partial charge on any atom is 0.226 e. The fourth-order valence-corrected chi connectivity index (χ4v) is 2.71. The Balaban J connectivity index is 1.55. The number of nitrogens with one attached hydrogen (secondary N) is 1. The van der Waals surface area contributed by atoms with Crippen LogP contribution in [0.15, 0.2) is 36.5 Å². The number of aromatic nitrogens is 4. The van der Waals surface area contributed by atoms with Crippen molar-refractivity contribution in [2.45, 2.75) is 0 Å². The Hall–Kier alpha value is -2.71. The van der Waals surface area contributed by atoms with Gasteiger partial charge < -0.3 is 14.8 Å². The van der Waals surface area contributed by atoms with Crippen molar-refractivity contribution in [2.24, 2.45) is 13.0 Å². The highest BCUT2D eigenvalue weighted by Crippen LogP contribution is 2.31. The highest BCUT2D eigenvalue weighted by molar-refractivity contribution is 6.30. The van der Waals surface area contributed by atoms with Crippen LogP contribution >= 0.6 is 11.6 Å². The van der Waals surface area contributed by atoms with E-state index in [4.69, 9.17) is 21.1 Å². The lowest BCUT2D eigenvalue weighted by atomic mass is 10.1. The summed E-state index contributed by atoms with van der Waals surface area (Å²) in [5.41, 5.74) is 1.34. The molecule has 0 bridgehead atoms. The predicted molar refractivity (Wildman–Crippen MR) is 98.7 cm³/mol. The van der Waals surface area contributed by atoms with E-state index in [0.29, 0.717) is 53.8 Å². The fourth-order valence-electron chi connectivity index (χ4n) is 2.55. The molecule has 0 spiro atoms. The summed E-state index contributed by atoms with van der Waals surface area (Å²) in [6, 6.07) is 8.20. The molecule has 9 heteroatoms. The van der Waals surface area contributed by atoms with Crippen LogP contribution in [0.1, 0.15) is 0 Å². The highest BCUT2D eigenvalue weighted by atomic mass is 35.5. The van der Waals surface area contributed by atoms with Gasteiger partial charge in [0.15, 0.2) is 5.82 Å². The van der Waals surface area contributed by atoms with E-state index in [1.165, 1.54) is 12.3 Å². The molecule has 3 aromatic rings. The van der Waals surface area contributed by atoms with Crippen molar-refractivity contribution in [2.75, 3.05) is 25.1 Å². The van der Waals surface area contributed by atoms with Crippen LogP contribution in [0.25, 0.3) is 11.4 Å². The number of benzene rings is 1. The molecule has 0 saturated carbocycles. The Morgan fingerprint density at radius 3 is 2.89 bits per heavy atom. The molecule has 1 saturated heterocycles. The molecule has 1 aromatic carbocycles. The van der Waals surface area contributed by atoms with Gasteiger partial charge in [0, 0.05) is 35.8 Å². The van der Waals surface area contributed by atoms with Gasteiger partial charge in [0.25, 0.3) is 0 Å². The van der Waals surface area contributed by atoms with Gasteiger partial charge >= 0.3 is 0 Å². The summed E-state index contributed by atoms with van der Waals surface area (Å²) in [7, 11) is 1.76. The van der Waals surface area contributed by atoms with Crippen LogP contribution in [0, 0.1) is 11.9 Å². The van der Waals surface area contributed by atoms with E-state index < -0.39 is 5.95 Å². The topological polar surface area (TPSA) is 74.1 Å². The number of ether oxygens (including phenoxy) is 2. The van der Waals surface area contributed by atoms with E-state index in [9.17, 15) is 4.39 Å². The fraction of sp³-hybridized carbons (Fsp3) is 0.278. The first-order valence-electron chi connectivity index (χ1n) is 8.38. The van der Waals surface area contributed by atoms with Gasteiger partial charge in [-0.05, 0) is 24.3 Å². The van der Waals surface area contributed by atoms with Gasteiger partial charge in [-0.1, -0.05) is 11.6 Å². The lowest BCUT2D eigenvalue weighted by Gasteiger charge is -2.26. The van der Waals surface area contributed by atoms with E-state index in [1.807, 2.05) is 6.07 Å². The van der Waals surface area contributed by atoms with Crippen molar-refractivity contribution in [1.82, 2.24) is 19.7 Å². The van der Waals surface area contributed by atoms with Crippen molar-refractivity contribution in [3.63, 3.8) is 0 Å². The van der Waals surface area contributed by atoms with Crippen molar-refractivity contribution < 1.29 is 13.9 Å². The molecule has 3 heterocycles. The summed E-state index contributed by atoms with van der Waals surface area (Å²) in [6.07, 6.45) is 1.39. The van der Waals surface area contributed by atoms with E-state index >= 15 is 0 Å². The number of aryl methyl sites for hydroxylation is 1. The van der Waals surface area contributed by atoms with Crippen molar-refractivity contribution >= 4 is 23.2 Å². The summed E-state index contributed by atoms with van der Waals surface area (Å²) < 4.78 is 25.7. The second-order valence-corrected chi connectivity index (χ2v) is 6.67. The van der Waals surface area contributed by atoms with Gasteiger partial charge in [-0.15, -0.1) is 5.10 Å². The third-order valence-electron chi connectivity index (χ3n) is 4.12. The first-order chi connectivity index (χ1) is 13.1. The second kappa shape index (κ2) is 7.50. The molecule has 0 radical (unpaired) electrons. The molecule has 0 amide bonds. The lowest BCUT2D eigenvalue weighted by molar-refractivity contribution is -0.0507.